The van der Waals surface area contributed by atoms with Crippen LogP contribution in [-0.4, -0.2) is 36.7 Å². The van der Waals surface area contributed by atoms with Gasteiger partial charge in [0.05, 0.1) is 17.7 Å². The summed E-state index contributed by atoms with van der Waals surface area (Å²) in [6.45, 7) is 3.25. The van der Waals surface area contributed by atoms with Crippen LogP contribution in [0.3, 0.4) is 0 Å². The summed E-state index contributed by atoms with van der Waals surface area (Å²) in [6, 6.07) is 7.78. The van der Waals surface area contributed by atoms with E-state index in [1.165, 1.54) is 0 Å². The summed E-state index contributed by atoms with van der Waals surface area (Å²) < 4.78 is 5.38. The molecule has 5 nitrogen and oxygen atoms in total. The van der Waals surface area contributed by atoms with Gasteiger partial charge in [0.2, 0.25) is 0 Å². The quantitative estimate of drug-likeness (QED) is 0.907. The lowest BCUT2D eigenvalue weighted by Crippen LogP contribution is -2.46. The summed E-state index contributed by atoms with van der Waals surface area (Å²) in [5.41, 5.74) is 0.303. The molecule has 110 valence electrons. The zero-order valence-corrected chi connectivity index (χ0v) is 12.3. The summed E-state index contributed by atoms with van der Waals surface area (Å²) in [4.78, 5) is 16.9. The Morgan fingerprint density at radius 2 is 2.10 bits per heavy atom. The highest BCUT2D eigenvalue weighted by Crippen LogP contribution is 2.25. The summed E-state index contributed by atoms with van der Waals surface area (Å²) in [7, 11) is 1.82. The van der Waals surface area contributed by atoms with E-state index in [2.05, 4.69) is 15.6 Å². The molecule has 1 atom stereocenters. The molecular weight excluding hydrogens is 266 g/mol. The molecular formula is C16H19N3O2. The Morgan fingerprint density at radius 3 is 2.76 bits per heavy atom. The van der Waals surface area contributed by atoms with Gasteiger partial charge < -0.3 is 15.4 Å². The van der Waals surface area contributed by atoms with Gasteiger partial charge in [-0.1, -0.05) is 24.3 Å². The van der Waals surface area contributed by atoms with Gasteiger partial charge in [-0.05, 0) is 18.7 Å². The number of benzene rings is 1. The number of carbonyl (C=O) groups is 1. The number of nitrogens with one attached hydrogen (secondary N) is 2. The molecule has 0 aliphatic carbocycles. The first-order chi connectivity index (χ1) is 10.1. The third-order valence-corrected chi connectivity index (χ3v) is 3.91. The van der Waals surface area contributed by atoms with Gasteiger partial charge in [0.15, 0.2) is 0 Å². The van der Waals surface area contributed by atoms with Gasteiger partial charge in [-0.3, -0.25) is 4.79 Å². The van der Waals surface area contributed by atoms with E-state index in [4.69, 9.17) is 4.74 Å². The largest absolute Gasteiger partial charge is 0.379 e. The van der Waals surface area contributed by atoms with Crippen molar-refractivity contribution in [2.45, 2.75) is 18.9 Å². The normalized spacial score (nSPS) is 21.4. The first-order valence-corrected chi connectivity index (χ1v) is 7.09. The molecule has 1 aliphatic heterocycles. The van der Waals surface area contributed by atoms with Crippen molar-refractivity contribution in [3.8, 4) is 0 Å². The van der Waals surface area contributed by atoms with Crippen LogP contribution in [0, 0.1) is 0 Å². The maximum atomic E-state index is 12.6. The highest BCUT2D eigenvalue weighted by Gasteiger charge is 2.32. The van der Waals surface area contributed by atoms with E-state index in [0.717, 1.165) is 23.0 Å². The van der Waals surface area contributed by atoms with Crippen LogP contribution in [-0.2, 0) is 4.74 Å². The van der Waals surface area contributed by atoms with E-state index in [1.807, 2.05) is 38.2 Å². The summed E-state index contributed by atoms with van der Waals surface area (Å²) >= 11 is 0. The number of ether oxygens (including phenoxy) is 1. The summed E-state index contributed by atoms with van der Waals surface area (Å²) in [6.07, 6.45) is 2.46. The molecule has 0 spiro atoms. The van der Waals surface area contributed by atoms with Gasteiger partial charge in [0, 0.05) is 25.2 Å². The Morgan fingerprint density at radius 1 is 1.33 bits per heavy atom. The van der Waals surface area contributed by atoms with Crippen molar-refractivity contribution in [2.24, 2.45) is 0 Å². The van der Waals surface area contributed by atoms with Crippen molar-refractivity contribution < 1.29 is 9.53 Å². The Bertz CT molecular complexity index is 678. The highest BCUT2D eigenvalue weighted by molar-refractivity contribution is 6.09. The number of aromatic nitrogens is 1. The number of nitrogens with zero attached hydrogens (tertiary/aromatic N) is 1. The molecule has 1 aromatic heterocycles. The molecule has 0 radical (unpaired) electrons. The number of hydrogen-bond donors (Lipinski definition) is 2. The molecule has 1 fully saturated rings. The maximum absolute atomic E-state index is 12.6. The topological polar surface area (TPSA) is 63.2 Å². The molecule has 0 saturated carbocycles. The third-order valence-electron chi connectivity index (χ3n) is 3.91. The SMILES string of the molecule is CNc1ncc(C(=O)NC2(C)CCOC2)c2ccccc12. The van der Waals surface area contributed by atoms with Crippen molar-refractivity contribution in [1.29, 1.82) is 0 Å². The lowest BCUT2D eigenvalue weighted by Gasteiger charge is -2.24. The molecule has 1 unspecified atom stereocenters. The Kier molecular flexibility index (Phi) is 3.51. The fourth-order valence-corrected chi connectivity index (χ4v) is 2.68. The van der Waals surface area contributed by atoms with Crippen LogP contribution >= 0.6 is 0 Å². The second kappa shape index (κ2) is 5.33. The smallest absolute Gasteiger partial charge is 0.253 e. The van der Waals surface area contributed by atoms with Crippen molar-refractivity contribution >= 4 is 22.5 Å². The van der Waals surface area contributed by atoms with Gasteiger partial charge in [-0.25, -0.2) is 4.98 Å². The number of fused-ring (bicyclic) bond motifs is 1. The van der Waals surface area contributed by atoms with E-state index in [0.29, 0.717) is 18.8 Å². The van der Waals surface area contributed by atoms with E-state index in [9.17, 15) is 4.79 Å². The number of hydrogen-bond acceptors (Lipinski definition) is 4. The molecule has 1 saturated heterocycles. The van der Waals surface area contributed by atoms with E-state index >= 15 is 0 Å². The Hall–Kier alpha value is -2.14. The average Bonchev–Trinajstić information content (AvgIpc) is 2.92. The minimum absolute atomic E-state index is 0.102. The molecule has 21 heavy (non-hydrogen) atoms. The minimum atomic E-state index is -0.292. The number of carbonyl (C=O) groups excluding carboxylic acids is 1. The average molecular weight is 285 g/mol. The minimum Gasteiger partial charge on any atom is -0.379 e. The molecule has 0 bridgehead atoms. The van der Waals surface area contributed by atoms with Crippen LogP contribution in [0.2, 0.25) is 0 Å². The fraction of sp³-hybridized carbons (Fsp3) is 0.375. The molecule has 1 aromatic carbocycles. The lowest BCUT2D eigenvalue weighted by atomic mass is 10.00. The van der Waals surface area contributed by atoms with Crippen LogP contribution in [0.1, 0.15) is 23.7 Å². The summed E-state index contributed by atoms with van der Waals surface area (Å²) in [5.74, 6) is 0.673. The first-order valence-electron chi connectivity index (χ1n) is 7.09. The molecule has 3 rings (SSSR count). The number of anilines is 1. The number of pyridine rings is 1. The second-order valence-electron chi connectivity index (χ2n) is 5.63. The Balaban J connectivity index is 1.98. The molecule has 2 heterocycles. The zero-order chi connectivity index (χ0) is 14.9. The highest BCUT2D eigenvalue weighted by atomic mass is 16.5. The second-order valence-corrected chi connectivity index (χ2v) is 5.63. The predicted molar refractivity (Wildman–Crippen MR) is 82.6 cm³/mol. The Labute approximate surface area is 123 Å². The first kappa shape index (κ1) is 13.8. The lowest BCUT2D eigenvalue weighted by molar-refractivity contribution is 0.0891. The van der Waals surface area contributed by atoms with Crippen LogP contribution in [0.4, 0.5) is 5.82 Å². The predicted octanol–water partition coefficient (Wildman–Crippen LogP) is 2.19. The van der Waals surface area contributed by atoms with Gasteiger partial charge in [-0.2, -0.15) is 0 Å². The fourth-order valence-electron chi connectivity index (χ4n) is 2.68. The van der Waals surface area contributed by atoms with Gasteiger partial charge in [0.1, 0.15) is 5.82 Å². The van der Waals surface area contributed by atoms with Crippen molar-refractivity contribution in [2.75, 3.05) is 25.6 Å². The van der Waals surface area contributed by atoms with E-state index < -0.39 is 0 Å². The van der Waals surface area contributed by atoms with Crippen molar-refractivity contribution in [3.05, 3.63) is 36.0 Å². The van der Waals surface area contributed by atoms with Crippen molar-refractivity contribution in [3.63, 3.8) is 0 Å². The molecule has 2 N–H and O–H groups in total. The van der Waals surface area contributed by atoms with Gasteiger partial charge >= 0.3 is 0 Å². The number of rotatable bonds is 3. The van der Waals surface area contributed by atoms with Gasteiger partial charge in [-0.15, -0.1) is 0 Å². The summed E-state index contributed by atoms with van der Waals surface area (Å²) in [5, 5.41) is 7.98. The van der Waals surface area contributed by atoms with Crippen LogP contribution in [0.5, 0.6) is 0 Å². The molecule has 1 amide bonds. The number of amides is 1. The molecule has 5 heteroatoms. The van der Waals surface area contributed by atoms with Gasteiger partial charge in [0.25, 0.3) is 5.91 Å². The molecule has 2 aromatic rings. The maximum Gasteiger partial charge on any atom is 0.253 e. The monoisotopic (exact) mass is 285 g/mol. The van der Waals surface area contributed by atoms with Crippen molar-refractivity contribution in [1.82, 2.24) is 10.3 Å². The van der Waals surface area contributed by atoms with Crippen LogP contribution < -0.4 is 10.6 Å². The standard InChI is InChI=1S/C16H19N3O2/c1-16(7-8-21-10-16)19-15(20)13-9-18-14(17-2)12-6-4-3-5-11(12)13/h3-6,9H,7-8,10H2,1-2H3,(H,17,18)(H,19,20). The van der Waals surface area contributed by atoms with Crippen LogP contribution in [0.15, 0.2) is 30.5 Å². The molecule has 1 aliphatic rings. The van der Waals surface area contributed by atoms with E-state index in [1.54, 1.807) is 6.20 Å². The van der Waals surface area contributed by atoms with Crippen LogP contribution in [0.25, 0.3) is 10.8 Å². The van der Waals surface area contributed by atoms with E-state index in [-0.39, 0.29) is 11.4 Å². The third kappa shape index (κ3) is 2.56. The zero-order valence-electron chi connectivity index (χ0n) is 12.3.